The average Bonchev–Trinajstić information content (AvgIpc) is 2.15. The van der Waals surface area contributed by atoms with E-state index in [-0.39, 0.29) is 31.3 Å². The van der Waals surface area contributed by atoms with Gasteiger partial charge in [0.25, 0.3) is 0 Å². The molecule has 1 aliphatic heterocycles. The molecule has 1 aliphatic rings. The first-order valence-electron chi connectivity index (χ1n) is 4.13. The fourth-order valence-corrected chi connectivity index (χ4v) is 1.40. The number of carbonyl (C=O) groups is 2. The molecule has 0 amide bonds. The van der Waals surface area contributed by atoms with Crippen molar-refractivity contribution in [2.24, 2.45) is 0 Å². The van der Waals surface area contributed by atoms with Crippen molar-refractivity contribution in [1.82, 2.24) is 5.32 Å². The second-order valence-corrected chi connectivity index (χ2v) is 3.07. The van der Waals surface area contributed by atoms with Crippen molar-refractivity contribution in [1.29, 1.82) is 0 Å². The third-order valence-electron chi connectivity index (χ3n) is 2.05. The van der Waals surface area contributed by atoms with Crippen LogP contribution in [-0.2, 0) is 14.3 Å². The summed E-state index contributed by atoms with van der Waals surface area (Å²) in [6.07, 6.45) is 0.438. The van der Waals surface area contributed by atoms with E-state index >= 15 is 0 Å². The van der Waals surface area contributed by atoms with Gasteiger partial charge >= 0.3 is 5.97 Å². The van der Waals surface area contributed by atoms with Crippen molar-refractivity contribution >= 4 is 11.8 Å². The fourth-order valence-electron chi connectivity index (χ4n) is 1.40. The van der Waals surface area contributed by atoms with Gasteiger partial charge in [-0.25, -0.2) is 0 Å². The van der Waals surface area contributed by atoms with E-state index in [0.717, 1.165) is 0 Å². The summed E-state index contributed by atoms with van der Waals surface area (Å²) in [7, 11) is 1.27. The summed E-state index contributed by atoms with van der Waals surface area (Å²) >= 11 is 0. The molecule has 74 valence electrons. The molecule has 0 bridgehead atoms. The van der Waals surface area contributed by atoms with Gasteiger partial charge in [0.1, 0.15) is 11.8 Å². The number of aliphatic hydroxyl groups excluding tert-OH is 1. The van der Waals surface area contributed by atoms with Gasteiger partial charge in [-0.2, -0.15) is 0 Å². The molecule has 0 radical (unpaired) electrons. The number of hydrogen-bond acceptors (Lipinski definition) is 5. The number of hydrogen-bond donors (Lipinski definition) is 2. The van der Waals surface area contributed by atoms with Crippen LogP contribution in [0.4, 0.5) is 0 Å². The summed E-state index contributed by atoms with van der Waals surface area (Å²) in [6, 6.07) is -0.909. The third-order valence-corrected chi connectivity index (χ3v) is 2.05. The van der Waals surface area contributed by atoms with Gasteiger partial charge in [0.05, 0.1) is 13.7 Å². The van der Waals surface area contributed by atoms with Crippen LogP contribution in [0.3, 0.4) is 0 Å². The lowest BCUT2D eigenvalue weighted by Crippen LogP contribution is -2.51. The number of Topliss-reactive ketones (excluding diaryl/α,β-unsaturated/α-hetero) is 1. The van der Waals surface area contributed by atoms with Crippen LogP contribution < -0.4 is 5.32 Å². The van der Waals surface area contributed by atoms with Gasteiger partial charge in [-0.1, -0.05) is 0 Å². The van der Waals surface area contributed by atoms with Crippen molar-refractivity contribution in [2.75, 3.05) is 13.7 Å². The van der Waals surface area contributed by atoms with Crippen LogP contribution in [0, 0.1) is 0 Å². The Kier molecular flexibility index (Phi) is 3.39. The van der Waals surface area contributed by atoms with Crippen LogP contribution >= 0.6 is 0 Å². The van der Waals surface area contributed by atoms with Gasteiger partial charge in [0, 0.05) is 18.9 Å². The number of piperidine rings is 1. The molecular formula is C8H13NO4. The Morgan fingerprint density at radius 1 is 1.69 bits per heavy atom. The lowest BCUT2D eigenvalue weighted by atomic mass is 9.98. The second kappa shape index (κ2) is 4.34. The molecule has 1 rings (SSSR count). The SMILES string of the molecule is COC(=O)C1CC(=O)CC(CO)N1. The molecule has 0 aromatic rings. The molecule has 2 unspecified atom stereocenters. The van der Waals surface area contributed by atoms with Gasteiger partial charge in [-0.3, -0.25) is 14.9 Å². The summed E-state index contributed by atoms with van der Waals surface area (Å²) in [5.74, 6) is -0.472. The lowest BCUT2D eigenvalue weighted by Gasteiger charge is -2.26. The molecule has 13 heavy (non-hydrogen) atoms. The minimum absolute atomic E-state index is 0.0202. The Labute approximate surface area is 76.1 Å². The predicted molar refractivity (Wildman–Crippen MR) is 44.1 cm³/mol. The Bertz CT molecular complexity index is 216. The number of methoxy groups -OCH3 is 1. The number of carbonyl (C=O) groups excluding carboxylic acids is 2. The quantitative estimate of drug-likeness (QED) is 0.533. The monoisotopic (exact) mass is 187 g/mol. The summed E-state index contributed by atoms with van der Waals surface area (Å²) < 4.78 is 4.50. The van der Waals surface area contributed by atoms with Crippen molar-refractivity contribution < 1.29 is 19.4 Å². The van der Waals surface area contributed by atoms with Gasteiger partial charge in [-0.05, 0) is 0 Å². The number of esters is 1. The van der Waals surface area contributed by atoms with Gasteiger partial charge in [0.2, 0.25) is 0 Å². The predicted octanol–water partition coefficient (Wildman–Crippen LogP) is -1.16. The van der Waals surface area contributed by atoms with Crippen LogP contribution in [0.1, 0.15) is 12.8 Å². The Hall–Kier alpha value is -0.940. The molecule has 0 aromatic heterocycles. The number of rotatable bonds is 2. The summed E-state index contributed by atoms with van der Waals surface area (Å²) in [6.45, 7) is -0.140. The van der Waals surface area contributed by atoms with Crippen molar-refractivity contribution in [2.45, 2.75) is 24.9 Å². The third kappa shape index (κ3) is 2.50. The smallest absolute Gasteiger partial charge is 0.323 e. The van der Waals surface area contributed by atoms with E-state index in [2.05, 4.69) is 10.1 Å². The van der Waals surface area contributed by atoms with E-state index in [1.54, 1.807) is 0 Å². The van der Waals surface area contributed by atoms with E-state index in [4.69, 9.17) is 5.11 Å². The van der Waals surface area contributed by atoms with Gasteiger partial charge in [0.15, 0.2) is 0 Å². The Morgan fingerprint density at radius 3 is 2.92 bits per heavy atom. The number of ketones is 1. The lowest BCUT2D eigenvalue weighted by molar-refractivity contribution is -0.146. The Morgan fingerprint density at radius 2 is 2.38 bits per heavy atom. The molecule has 0 aliphatic carbocycles. The van der Waals surface area contributed by atoms with Crippen molar-refractivity contribution in [3.8, 4) is 0 Å². The molecule has 0 saturated carbocycles. The standard InChI is InChI=1S/C8H13NO4/c1-13-8(12)7-3-6(11)2-5(4-10)9-7/h5,7,9-10H,2-4H2,1H3. The molecule has 1 fully saturated rings. The molecule has 5 heteroatoms. The van der Waals surface area contributed by atoms with E-state index in [9.17, 15) is 9.59 Å². The minimum atomic E-state index is -0.594. The van der Waals surface area contributed by atoms with Crippen LogP contribution in [0.25, 0.3) is 0 Å². The maximum Gasteiger partial charge on any atom is 0.323 e. The fraction of sp³-hybridized carbons (Fsp3) is 0.750. The maximum absolute atomic E-state index is 11.1. The maximum atomic E-state index is 11.1. The van der Waals surface area contributed by atoms with E-state index in [1.165, 1.54) is 7.11 Å². The topological polar surface area (TPSA) is 75.6 Å². The number of aliphatic hydroxyl groups is 1. The van der Waals surface area contributed by atoms with E-state index in [1.807, 2.05) is 0 Å². The van der Waals surface area contributed by atoms with Crippen LogP contribution in [0.15, 0.2) is 0 Å². The van der Waals surface area contributed by atoms with Crippen molar-refractivity contribution in [3.63, 3.8) is 0 Å². The summed E-state index contributed by atoms with van der Waals surface area (Å²) in [5.41, 5.74) is 0. The first kappa shape index (κ1) is 10.1. The first-order chi connectivity index (χ1) is 6.17. The molecule has 0 spiro atoms. The van der Waals surface area contributed by atoms with Crippen LogP contribution in [0.2, 0.25) is 0 Å². The first-order valence-corrected chi connectivity index (χ1v) is 4.13. The summed E-state index contributed by atoms with van der Waals surface area (Å²) in [4.78, 5) is 22.2. The average molecular weight is 187 g/mol. The van der Waals surface area contributed by atoms with Crippen molar-refractivity contribution in [3.05, 3.63) is 0 Å². The van der Waals surface area contributed by atoms with Gasteiger partial charge in [-0.15, -0.1) is 0 Å². The highest BCUT2D eigenvalue weighted by atomic mass is 16.5. The molecule has 1 heterocycles. The zero-order valence-electron chi connectivity index (χ0n) is 7.45. The zero-order chi connectivity index (χ0) is 9.84. The van der Waals surface area contributed by atoms with Crippen LogP contribution in [-0.4, -0.2) is 42.7 Å². The molecule has 2 N–H and O–H groups in total. The normalized spacial score (nSPS) is 28.6. The summed E-state index contributed by atoms with van der Waals surface area (Å²) in [5, 5.41) is 11.7. The number of ether oxygens (including phenoxy) is 1. The molecule has 1 saturated heterocycles. The minimum Gasteiger partial charge on any atom is -0.468 e. The molecule has 0 aromatic carbocycles. The van der Waals surface area contributed by atoms with Crippen LogP contribution in [0.5, 0.6) is 0 Å². The Balaban J connectivity index is 2.56. The van der Waals surface area contributed by atoms with E-state index < -0.39 is 12.0 Å². The van der Waals surface area contributed by atoms with E-state index in [0.29, 0.717) is 0 Å². The molecular weight excluding hydrogens is 174 g/mol. The van der Waals surface area contributed by atoms with Gasteiger partial charge < -0.3 is 9.84 Å². The largest absolute Gasteiger partial charge is 0.468 e. The highest BCUT2D eigenvalue weighted by Crippen LogP contribution is 2.10. The second-order valence-electron chi connectivity index (χ2n) is 3.07. The highest BCUT2D eigenvalue weighted by molar-refractivity contribution is 5.88. The molecule has 5 nitrogen and oxygen atoms in total. The highest BCUT2D eigenvalue weighted by Gasteiger charge is 2.31. The zero-order valence-corrected chi connectivity index (χ0v) is 7.45. The molecule has 2 atom stereocenters. The number of nitrogens with one attached hydrogen (secondary N) is 1.